The van der Waals surface area contributed by atoms with E-state index in [0.717, 1.165) is 25.0 Å². The molecule has 1 N–H and O–H groups in total. The molecule has 0 aliphatic heterocycles. The van der Waals surface area contributed by atoms with Crippen LogP contribution in [0.1, 0.15) is 24.8 Å². The number of nitrogens with zero attached hydrogens (tertiary/aromatic N) is 1. The van der Waals surface area contributed by atoms with Crippen molar-refractivity contribution in [2.75, 3.05) is 18.6 Å². The predicted molar refractivity (Wildman–Crippen MR) is 78.6 cm³/mol. The molecule has 0 fully saturated rings. The van der Waals surface area contributed by atoms with Gasteiger partial charge in [0.25, 0.3) is 0 Å². The van der Waals surface area contributed by atoms with Crippen molar-refractivity contribution in [3.05, 3.63) is 29.8 Å². The number of rotatable bonds is 8. The Morgan fingerprint density at radius 1 is 1.32 bits per heavy atom. The van der Waals surface area contributed by atoms with Gasteiger partial charge in [-0.1, -0.05) is 12.5 Å². The lowest BCUT2D eigenvalue weighted by atomic mass is 10.2. The number of benzene rings is 1. The van der Waals surface area contributed by atoms with Gasteiger partial charge in [0.2, 0.25) is 10.0 Å². The zero-order chi connectivity index (χ0) is 14.1. The van der Waals surface area contributed by atoms with E-state index in [9.17, 15) is 8.42 Å². The summed E-state index contributed by atoms with van der Waals surface area (Å²) in [4.78, 5) is 0.149. The maximum atomic E-state index is 12.0. The molecule has 0 aliphatic rings. The maximum absolute atomic E-state index is 12.0. The average Bonchev–Trinajstić information content (AvgIpc) is 2.43. The largest absolute Gasteiger partial charge is 0.240 e. The molecule has 104 valence electrons. The van der Waals surface area contributed by atoms with Gasteiger partial charge >= 0.3 is 0 Å². The number of thioether (sulfide) groups is 1. The second-order valence-corrected chi connectivity index (χ2v) is 6.84. The van der Waals surface area contributed by atoms with Crippen molar-refractivity contribution in [1.82, 2.24) is 4.72 Å². The molecule has 0 amide bonds. The molecule has 0 aromatic heterocycles. The second kappa shape index (κ2) is 8.20. The monoisotopic (exact) mass is 298 g/mol. The lowest BCUT2D eigenvalue weighted by Gasteiger charge is -2.06. The summed E-state index contributed by atoms with van der Waals surface area (Å²) in [5.74, 6) is 1.11. The van der Waals surface area contributed by atoms with Crippen molar-refractivity contribution in [3.63, 3.8) is 0 Å². The number of hydrogen-bond acceptors (Lipinski definition) is 4. The SMILES string of the molecule is CSCCCCCNS(=O)(=O)c1cccc(C#N)c1. The van der Waals surface area contributed by atoms with Crippen LogP contribution in [0.4, 0.5) is 0 Å². The molecule has 1 aromatic carbocycles. The zero-order valence-corrected chi connectivity index (χ0v) is 12.6. The molecule has 19 heavy (non-hydrogen) atoms. The summed E-state index contributed by atoms with van der Waals surface area (Å²) in [7, 11) is -3.49. The molecule has 0 radical (unpaired) electrons. The van der Waals surface area contributed by atoms with Crippen LogP contribution in [0.5, 0.6) is 0 Å². The molecule has 1 rings (SSSR count). The fourth-order valence-electron chi connectivity index (χ4n) is 1.57. The molecule has 0 saturated heterocycles. The highest BCUT2D eigenvalue weighted by Gasteiger charge is 2.13. The number of sulfonamides is 1. The third-order valence-electron chi connectivity index (χ3n) is 2.59. The van der Waals surface area contributed by atoms with E-state index in [1.165, 1.54) is 12.1 Å². The molecule has 0 atom stereocenters. The minimum absolute atomic E-state index is 0.149. The van der Waals surface area contributed by atoms with Crippen molar-refractivity contribution >= 4 is 21.8 Å². The topological polar surface area (TPSA) is 70.0 Å². The predicted octanol–water partition coefficient (Wildman–Crippen LogP) is 2.37. The van der Waals surface area contributed by atoms with E-state index in [1.807, 2.05) is 6.07 Å². The van der Waals surface area contributed by atoms with E-state index in [2.05, 4.69) is 11.0 Å². The number of hydrogen-bond donors (Lipinski definition) is 1. The van der Waals surface area contributed by atoms with Gasteiger partial charge in [-0.2, -0.15) is 17.0 Å². The van der Waals surface area contributed by atoms with Crippen LogP contribution in [0.25, 0.3) is 0 Å². The van der Waals surface area contributed by atoms with Gasteiger partial charge in [-0.25, -0.2) is 13.1 Å². The number of nitrogens with one attached hydrogen (secondary N) is 1. The summed E-state index contributed by atoms with van der Waals surface area (Å²) in [6.45, 7) is 0.438. The van der Waals surface area contributed by atoms with Crippen molar-refractivity contribution < 1.29 is 8.42 Å². The van der Waals surface area contributed by atoms with Crippen LogP contribution in [0.15, 0.2) is 29.2 Å². The van der Waals surface area contributed by atoms with Crippen molar-refractivity contribution in [1.29, 1.82) is 5.26 Å². The van der Waals surface area contributed by atoms with E-state index in [4.69, 9.17) is 5.26 Å². The molecule has 0 saturated carbocycles. The standard InChI is InChI=1S/C13H18N2O2S2/c1-18-9-4-2-3-8-15-19(16,17)13-7-5-6-12(10-13)11-14/h5-7,10,15H,2-4,8-9H2,1H3. The molecule has 6 heteroatoms. The third-order valence-corrected chi connectivity index (χ3v) is 4.75. The maximum Gasteiger partial charge on any atom is 0.240 e. The Balaban J connectivity index is 2.49. The molecule has 1 aromatic rings. The zero-order valence-electron chi connectivity index (χ0n) is 10.9. The summed E-state index contributed by atoms with van der Waals surface area (Å²) in [6, 6.07) is 7.98. The Morgan fingerprint density at radius 2 is 2.11 bits per heavy atom. The third kappa shape index (κ3) is 5.64. The van der Waals surface area contributed by atoms with Crippen molar-refractivity contribution in [2.45, 2.75) is 24.2 Å². The van der Waals surface area contributed by atoms with Gasteiger partial charge in [0.05, 0.1) is 16.5 Å². The number of unbranched alkanes of at least 4 members (excludes halogenated alkanes) is 2. The molecular weight excluding hydrogens is 280 g/mol. The summed E-state index contributed by atoms with van der Waals surface area (Å²) in [5, 5.41) is 8.76. The van der Waals surface area contributed by atoms with E-state index < -0.39 is 10.0 Å². The van der Waals surface area contributed by atoms with Crippen LogP contribution in [0.3, 0.4) is 0 Å². The van der Waals surface area contributed by atoms with Gasteiger partial charge in [0.1, 0.15) is 0 Å². The normalized spacial score (nSPS) is 11.2. The molecule has 0 unspecified atom stereocenters. The first-order valence-electron chi connectivity index (χ1n) is 6.09. The highest BCUT2D eigenvalue weighted by atomic mass is 32.2. The molecular formula is C13H18N2O2S2. The fraction of sp³-hybridized carbons (Fsp3) is 0.462. The molecule has 4 nitrogen and oxygen atoms in total. The van der Waals surface area contributed by atoms with Gasteiger partial charge in [-0.05, 0) is 43.0 Å². The van der Waals surface area contributed by atoms with Crippen LogP contribution in [-0.4, -0.2) is 27.0 Å². The summed E-state index contributed by atoms with van der Waals surface area (Å²) in [5.41, 5.74) is 0.350. The Labute approximate surface area is 119 Å². The molecule has 0 heterocycles. The summed E-state index contributed by atoms with van der Waals surface area (Å²) in [6.07, 6.45) is 5.01. The first kappa shape index (κ1) is 16.0. The van der Waals surface area contributed by atoms with Gasteiger partial charge in [0, 0.05) is 6.54 Å². The van der Waals surface area contributed by atoms with Gasteiger partial charge in [-0.3, -0.25) is 0 Å². The molecule has 0 bridgehead atoms. The smallest absolute Gasteiger partial charge is 0.211 e. The van der Waals surface area contributed by atoms with E-state index in [-0.39, 0.29) is 4.90 Å². The summed E-state index contributed by atoms with van der Waals surface area (Å²) >= 11 is 1.80. The van der Waals surface area contributed by atoms with Crippen LogP contribution in [0, 0.1) is 11.3 Å². The number of nitriles is 1. The highest BCUT2D eigenvalue weighted by Crippen LogP contribution is 2.11. The second-order valence-electron chi connectivity index (χ2n) is 4.09. The van der Waals surface area contributed by atoms with Crippen LogP contribution in [0.2, 0.25) is 0 Å². The molecule has 0 aliphatic carbocycles. The minimum atomic E-state index is -3.49. The minimum Gasteiger partial charge on any atom is -0.211 e. The van der Waals surface area contributed by atoms with Gasteiger partial charge in [0.15, 0.2) is 0 Å². The van der Waals surface area contributed by atoms with E-state index >= 15 is 0 Å². The Bertz CT molecular complexity index is 536. The average molecular weight is 298 g/mol. The van der Waals surface area contributed by atoms with Crippen LogP contribution in [-0.2, 0) is 10.0 Å². The summed E-state index contributed by atoms with van der Waals surface area (Å²) < 4.78 is 26.5. The van der Waals surface area contributed by atoms with Gasteiger partial charge in [-0.15, -0.1) is 0 Å². The lowest BCUT2D eigenvalue weighted by molar-refractivity contribution is 0.576. The van der Waals surface area contributed by atoms with Crippen LogP contribution < -0.4 is 4.72 Å². The van der Waals surface area contributed by atoms with Crippen molar-refractivity contribution in [2.24, 2.45) is 0 Å². The fourth-order valence-corrected chi connectivity index (χ4v) is 3.18. The Hall–Kier alpha value is -1.03. The Kier molecular flexibility index (Phi) is 6.92. The van der Waals surface area contributed by atoms with Crippen molar-refractivity contribution in [3.8, 4) is 6.07 Å². The first-order chi connectivity index (χ1) is 9.10. The van der Waals surface area contributed by atoms with E-state index in [0.29, 0.717) is 12.1 Å². The van der Waals surface area contributed by atoms with E-state index in [1.54, 1.807) is 23.9 Å². The lowest BCUT2D eigenvalue weighted by Crippen LogP contribution is -2.24. The quantitative estimate of drug-likeness (QED) is 0.748. The first-order valence-corrected chi connectivity index (χ1v) is 8.96. The highest BCUT2D eigenvalue weighted by molar-refractivity contribution is 7.98. The molecule has 0 spiro atoms. The van der Waals surface area contributed by atoms with Crippen LogP contribution >= 0.6 is 11.8 Å². The Morgan fingerprint density at radius 3 is 2.79 bits per heavy atom. The van der Waals surface area contributed by atoms with Gasteiger partial charge < -0.3 is 0 Å².